The first-order valence-corrected chi connectivity index (χ1v) is 9.55. The van der Waals surface area contributed by atoms with Crippen LogP contribution in [0.3, 0.4) is 0 Å². The second kappa shape index (κ2) is 6.30. The zero-order valence-electron chi connectivity index (χ0n) is 12.2. The Kier molecular flexibility index (Phi) is 4.65. The van der Waals surface area contributed by atoms with Crippen LogP contribution in [-0.4, -0.2) is 44.9 Å². The molecule has 20 heavy (non-hydrogen) atoms. The first-order chi connectivity index (χ1) is 9.63. The molecule has 3 rings (SSSR count). The van der Waals surface area contributed by atoms with Crippen LogP contribution < -0.4 is 10.0 Å². The molecule has 1 saturated heterocycles. The average Bonchev–Trinajstić information content (AvgIpc) is 3.19. The zero-order valence-corrected chi connectivity index (χ0v) is 13.0. The van der Waals surface area contributed by atoms with Gasteiger partial charge < -0.3 is 5.32 Å². The van der Waals surface area contributed by atoms with Crippen molar-refractivity contribution in [3.05, 3.63) is 0 Å². The highest BCUT2D eigenvalue weighted by Crippen LogP contribution is 2.26. The molecule has 0 bridgehead atoms. The third kappa shape index (κ3) is 3.93. The molecule has 2 N–H and O–H groups in total. The van der Waals surface area contributed by atoms with Crippen molar-refractivity contribution in [1.82, 2.24) is 14.3 Å². The SMILES string of the molecule is O=S(=O)(NCC1CCC1)N1CCC(CNC2CC2)CC1. The van der Waals surface area contributed by atoms with Crippen LogP contribution >= 0.6 is 0 Å². The summed E-state index contributed by atoms with van der Waals surface area (Å²) in [6.07, 6.45) is 8.23. The fraction of sp³-hybridized carbons (Fsp3) is 1.00. The average molecular weight is 301 g/mol. The molecule has 0 unspecified atom stereocenters. The summed E-state index contributed by atoms with van der Waals surface area (Å²) in [6, 6.07) is 0.751. The summed E-state index contributed by atoms with van der Waals surface area (Å²) in [7, 11) is -3.23. The molecule has 5 nitrogen and oxygen atoms in total. The number of rotatable bonds is 7. The molecule has 6 heteroatoms. The van der Waals surface area contributed by atoms with Crippen molar-refractivity contribution in [2.24, 2.45) is 11.8 Å². The van der Waals surface area contributed by atoms with Gasteiger partial charge in [0.25, 0.3) is 10.2 Å². The van der Waals surface area contributed by atoms with Crippen LogP contribution in [0.15, 0.2) is 0 Å². The summed E-state index contributed by atoms with van der Waals surface area (Å²) in [4.78, 5) is 0. The van der Waals surface area contributed by atoms with E-state index in [1.165, 1.54) is 32.1 Å². The smallest absolute Gasteiger partial charge is 0.279 e. The van der Waals surface area contributed by atoms with Gasteiger partial charge in [-0.3, -0.25) is 0 Å². The molecule has 0 spiro atoms. The number of nitrogens with zero attached hydrogens (tertiary/aromatic N) is 1. The van der Waals surface area contributed by atoms with E-state index in [9.17, 15) is 8.42 Å². The number of nitrogens with one attached hydrogen (secondary N) is 2. The summed E-state index contributed by atoms with van der Waals surface area (Å²) in [6.45, 7) is 3.05. The van der Waals surface area contributed by atoms with Gasteiger partial charge in [0.1, 0.15) is 0 Å². The van der Waals surface area contributed by atoms with Crippen molar-refractivity contribution in [3.8, 4) is 0 Å². The number of piperidine rings is 1. The van der Waals surface area contributed by atoms with Gasteiger partial charge in [-0.25, -0.2) is 4.72 Å². The van der Waals surface area contributed by atoms with Gasteiger partial charge in [0.2, 0.25) is 0 Å². The summed E-state index contributed by atoms with van der Waals surface area (Å²) < 4.78 is 28.9. The highest BCUT2D eigenvalue weighted by molar-refractivity contribution is 7.87. The Bertz CT molecular complexity index is 410. The van der Waals surface area contributed by atoms with Crippen LogP contribution in [-0.2, 0) is 10.2 Å². The van der Waals surface area contributed by atoms with Crippen LogP contribution in [0, 0.1) is 11.8 Å². The van der Waals surface area contributed by atoms with Gasteiger partial charge >= 0.3 is 0 Å². The van der Waals surface area contributed by atoms with E-state index in [0.29, 0.717) is 31.5 Å². The third-order valence-corrected chi connectivity index (χ3v) is 6.54. The third-order valence-electron chi connectivity index (χ3n) is 4.97. The molecule has 0 amide bonds. The Balaban J connectivity index is 1.38. The van der Waals surface area contributed by atoms with E-state index in [4.69, 9.17) is 0 Å². The minimum Gasteiger partial charge on any atom is -0.314 e. The summed E-state index contributed by atoms with van der Waals surface area (Å²) in [5.74, 6) is 1.22. The van der Waals surface area contributed by atoms with Crippen molar-refractivity contribution in [2.45, 2.75) is 51.0 Å². The van der Waals surface area contributed by atoms with Crippen LogP contribution in [0.1, 0.15) is 44.9 Å². The van der Waals surface area contributed by atoms with Crippen molar-refractivity contribution in [1.29, 1.82) is 0 Å². The van der Waals surface area contributed by atoms with Gasteiger partial charge in [-0.05, 0) is 56.9 Å². The van der Waals surface area contributed by atoms with E-state index < -0.39 is 10.2 Å². The minimum absolute atomic E-state index is 0.574. The Morgan fingerprint density at radius 2 is 1.55 bits per heavy atom. The second-order valence-corrected chi connectivity index (χ2v) is 8.43. The topological polar surface area (TPSA) is 61.4 Å². The van der Waals surface area contributed by atoms with E-state index >= 15 is 0 Å². The Labute approximate surface area is 122 Å². The molecule has 1 heterocycles. The summed E-state index contributed by atoms with van der Waals surface area (Å²) >= 11 is 0. The van der Waals surface area contributed by atoms with Crippen LogP contribution in [0.5, 0.6) is 0 Å². The van der Waals surface area contributed by atoms with E-state index in [1.54, 1.807) is 4.31 Å². The van der Waals surface area contributed by atoms with E-state index in [0.717, 1.165) is 25.4 Å². The molecule has 0 radical (unpaired) electrons. The lowest BCUT2D eigenvalue weighted by Crippen LogP contribution is -2.47. The molecule has 2 aliphatic carbocycles. The molecule has 2 saturated carbocycles. The standard InChI is InChI=1S/C14H27N3O2S/c18-20(19,16-11-12-2-1-3-12)17-8-6-13(7-9-17)10-15-14-4-5-14/h12-16H,1-11H2. The fourth-order valence-electron chi connectivity index (χ4n) is 2.99. The van der Waals surface area contributed by atoms with Crippen LogP contribution in [0.25, 0.3) is 0 Å². The number of hydrogen-bond donors (Lipinski definition) is 2. The minimum atomic E-state index is -3.23. The maximum absolute atomic E-state index is 12.2. The molecule has 1 aliphatic heterocycles. The van der Waals surface area contributed by atoms with E-state index in [-0.39, 0.29) is 0 Å². The molecule has 3 fully saturated rings. The Morgan fingerprint density at radius 1 is 0.900 bits per heavy atom. The largest absolute Gasteiger partial charge is 0.314 e. The van der Waals surface area contributed by atoms with Gasteiger partial charge in [-0.1, -0.05) is 6.42 Å². The molecule has 116 valence electrons. The predicted molar refractivity (Wildman–Crippen MR) is 79.6 cm³/mol. The van der Waals surface area contributed by atoms with Crippen molar-refractivity contribution in [2.75, 3.05) is 26.2 Å². The Hall–Kier alpha value is -0.170. The first kappa shape index (κ1) is 14.8. The molecule has 0 atom stereocenters. The van der Waals surface area contributed by atoms with E-state index in [2.05, 4.69) is 10.0 Å². The molecular weight excluding hydrogens is 274 g/mol. The Morgan fingerprint density at radius 3 is 2.10 bits per heavy atom. The molecule has 0 aromatic heterocycles. The lowest BCUT2D eigenvalue weighted by molar-refractivity contribution is 0.260. The quantitative estimate of drug-likeness (QED) is 0.740. The molecular formula is C14H27N3O2S. The van der Waals surface area contributed by atoms with Gasteiger partial charge in [0, 0.05) is 25.7 Å². The normalized spacial score (nSPS) is 26.6. The lowest BCUT2D eigenvalue weighted by atomic mass is 9.86. The maximum atomic E-state index is 12.2. The van der Waals surface area contributed by atoms with E-state index in [1.807, 2.05) is 0 Å². The second-order valence-electron chi connectivity index (χ2n) is 6.68. The lowest BCUT2D eigenvalue weighted by Gasteiger charge is -2.32. The van der Waals surface area contributed by atoms with Gasteiger partial charge in [-0.15, -0.1) is 0 Å². The van der Waals surface area contributed by atoms with Crippen LogP contribution in [0.4, 0.5) is 0 Å². The zero-order chi connectivity index (χ0) is 14.0. The van der Waals surface area contributed by atoms with Crippen molar-refractivity contribution in [3.63, 3.8) is 0 Å². The van der Waals surface area contributed by atoms with Gasteiger partial charge in [0.05, 0.1) is 0 Å². The molecule has 0 aromatic rings. The first-order valence-electron chi connectivity index (χ1n) is 8.11. The molecule has 0 aromatic carbocycles. The maximum Gasteiger partial charge on any atom is 0.279 e. The molecule has 3 aliphatic rings. The fourth-order valence-corrected chi connectivity index (χ4v) is 4.31. The monoisotopic (exact) mass is 301 g/mol. The summed E-state index contributed by atoms with van der Waals surface area (Å²) in [5.41, 5.74) is 0. The van der Waals surface area contributed by atoms with Gasteiger partial charge in [0.15, 0.2) is 0 Å². The highest BCUT2D eigenvalue weighted by Gasteiger charge is 2.30. The van der Waals surface area contributed by atoms with Crippen molar-refractivity contribution < 1.29 is 8.42 Å². The number of hydrogen-bond acceptors (Lipinski definition) is 3. The van der Waals surface area contributed by atoms with Crippen molar-refractivity contribution >= 4 is 10.2 Å². The predicted octanol–water partition coefficient (Wildman–Crippen LogP) is 1.08. The summed E-state index contributed by atoms with van der Waals surface area (Å²) in [5, 5.41) is 3.55. The van der Waals surface area contributed by atoms with Gasteiger partial charge in [-0.2, -0.15) is 12.7 Å². The highest BCUT2D eigenvalue weighted by atomic mass is 32.2. The van der Waals surface area contributed by atoms with Crippen LogP contribution in [0.2, 0.25) is 0 Å².